The smallest absolute Gasteiger partial charge is 0.306 e. The van der Waals surface area contributed by atoms with Crippen LogP contribution in [0, 0.1) is 0 Å². The highest BCUT2D eigenvalue weighted by molar-refractivity contribution is 5.70. The Morgan fingerprint density at radius 2 is 0.740 bits per heavy atom. The SMILES string of the molecule is CC/C=C\C/C=C\C/C=C\C/C=C\C/C=C\C/C=C\C/C=C\C/C=C\C/C=C\C/C=C\C/C=C\C/C=C\CCCCCCC(=O)OC(COC(=O)CCCCCCCCCCCCC)COC(OCC[N+](C)(C)C)C(=O)[O-]. The molecule has 0 rings (SSSR count). The molecule has 2 unspecified atom stereocenters. The van der Waals surface area contributed by atoms with E-state index in [1.807, 2.05) is 21.1 Å². The Balaban J connectivity index is 4.21. The van der Waals surface area contributed by atoms with Gasteiger partial charge in [0.2, 0.25) is 0 Å². The first kappa shape index (κ1) is 72.2. The summed E-state index contributed by atoms with van der Waals surface area (Å²) >= 11 is 0. The molecule has 2 atom stereocenters. The van der Waals surface area contributed by atoms with E-state index in [0.29, 0.717) is 17.4 Å². The minimum atomic E-state index is -1.63. The number of carboxylic acid groups (broad SMARTS) is 1. The third-order valence-corrected chi connectivity index (χ3v) is 12.1. The van der Waals surface area contributed by atoms with Crippen LogP contribution >= 0.6 is 0 Å². The quantitative estimate of drug-likeness (QED) is 0.0195. The third kappa shape index (κ3) is 58.7. The lowest BCUT2D eigenvalue weighted by Crippen LogP contribution is -2.44. The fourth-order valence-electron chi connectivity index (χ4n) is 7.52. The molecular weight excluding hydrogens is 959 g/mol. The van der Waals surface area contributed by atoms with E-state index < -0.39 is 24.3 Å². The van der Waals surface area contributed by atoms with Crippen molar-refractivity contribution in [1.29, 1.82) is 0 Å². The largest absolute Gasteiger partial charge is 0.545 e. The van der Waals surface area contributed by atoms with Gasteiger partial charge in [-0.1, -0.05) is 237 Å². The summed E-state index contributed by atoms with van der Waals surface area (Å²) in [6, 6.07) is 0. The maximum absolute atomic E-state index is 12.8. The number of nitrogens with zero attached hydrogens (tertiary/aromatic N) is 1. The lowest BCUT2D eigenvalue weighted by molar-refractivity contribution is -0.870. The summed E-state index contributed by atoms with van der Waals surface area (Å²) in [6.45, 7) is 4.56. The number of unbranched alkanes of at least 4 members (excludes halogenated alkanes) is 14. The second kappa shape index (κ2) is 57.3. The van der Waals surface area contributed by atoms with Gasteiger partial charge in [0, 0.05) is 12.8 Å². The topological polar surface area (TPSA) is 111 Å². The van der Waals surface area contributed by atoms with Crippen molar-refractivity contribution in [2.24, 2.45) is 0 Å². The average molecular weight is 1070 g/mol. The first-order chi connectivity index (χ1) is 37.6. The van der Waals surface area contributed by atoms with Crippen molar-refractivity contribution in [3.63, 3.8) is 0 Å². The summed E-state index contributed by atoms with van der Waals surface area (Å²) in [6.07, 6.45) is 80.6. The molecule has 0 aromatic heterocycles. The van der Waals surface area contributed by atoms with E-state index in [4.69, 9.17) is 18.9 Å². The fourth-order valence-corrected chi connectivity index (χ4v) is 7.52. The Hall–Kier alpha value is -4.83. The van der Waals surface area contributed by atoms with Gasteiger partial charge in [-0.05, 0) is 103 Å². The molecule has 0 radical (unpaired) electrons. The number of likely N-dealkylation sites (N-methyl/N-ethyl adjacent to an activating group) is 1. The van der Waals surface area contributed by atoms with E-state index in [2.05, 4.69) is 160 Å². The highest BCUT2D eigenvalue weighted by Crippen LogP contribution is 2.14. The van der Waals surface area contributed by atoms with Gasteiger partial charge in [0.25, 0.3) is 0 Å². The van der Waals surface area contributed by atoms with Crippen molar-refractivity contribution < 1.29 is 42.9 Å². The third-order valence-electron chi connectivity index (χ3n) is 12.1. The first-order valence-corrected chi connectivity index (χ1v) is 30.0. The number of carbonyl (C=O) groups excluding carboxylic acids is 3. The molecule has 0 saturated heterocycles. The van der Waals surface area contributed by atoms with E-state index in [-0.39, 0.29) is 38.6 Å². The Morgan fingerprint density at radius 3 is 1.10 bits per heavy atom. The van der Waals surface area contributed by atoms with E-state index in [0.717, 1.165) is 122 Å². The van der Waals surface area contributed by atoms with Crippen molar-refractivity contribution in [3.05, 3.63) is 146 Å². The number of hydrogen-bond acceptors (Lipinski definition) is 8. The van der Waals surface area contributed by atoms with E-state index in [9.17, 15) is 19.5 Å². The minimum Gasteiger partial charge on any atom is -0.545 e. The molecule has 0 bridgehead atoms. The van der Waals surface area contributed by atoms with Crippen LogP contribution in [0.3, 0.4) is 0 Å². The van der Waals surface area contributed by atoms with Crippen LogP contribution in [0.1, 0.15) is 206 Å². The molecule has 9 nitrogen and oxygen atoms in total. The molecule has 434 valence electrons. The molecule has 0 heterocycles. The standard InChI is InChI=1S/C68H109NO8/c1-6-8-10-12-14-16-18-19-20-21-22-23-24-25-26-27-28-29-30-31-32-33-34-35-36-37-38-39-40-41-42-43-44-45-46-47-49-51-53-55-57-59-66(71)77-64(63-76-68(67(72)73)74-61-60-69(3,4)5)62-75-65(70)58-56-54-52-50-48-17-15-13-11-9-7-2/h8,10,14,16,19-20,22-23,25-26,28-29,31-32,34-35,37-38,40-41,43-44,46-47,64,68H,6-7,9,11-13,15,17-18,21,24,27,30,33,36,39,42,45,48-63H2,1-5H3/b10-8-,16-14-,20-19-,23-22-,26-25-,29-28-,32-31-,35-34-,38-37-,41-40-,44-43-,47-46-. The molecule has 77 heavy (non-hydrogen) atoms. The maximum Gasteiger partial charge on any atom is 0.306 e. The Bertz CT molecular complexity index is 1770. The van der Waals surface area contributed by atoms with Crippen LogP contribution in [0.4, 0.5) is 0 Å². The molecule has 0 fully saturated rings. The van der Waals surface area contributed by atoms with Crippen LogP contribution in [0.2, 0.25) is 0 Å². The number of carboxylic acids is 1. The number of aliphatic carboxylic acids is 1. The number of hydrogen-bond donors (Lipinski definition) is 0. The Morgan fingerprint density at radius 1 is 0.403 bits per heavy atom. The van der Waals surface area contributed by atoms with Gasteiger partial charge in [-0.2, -0.15) is 0 Å². The average Bonchev–Trinajstić information content (AvgIpc) is 3.40. The highest BCUT2D eigenvalue weighted by atomic mass is 16.7. The molecule has 0 aliphatic carbocycles. The van der Waals surface area contributed by atoms with Crippen LogP contribution in [0.15, 0.2) is 146 Å². The summed E-state index contributed by atoms with van der Waals surface area (Å²) in [5.74, 6) is -2.33. The number of ether oxygens (including phenoxy) is 4. The molecule has 9 heteroatoms. The lowest BCUT2D eigenvalue weighted by atomic mass is 10.1. The monoisotopic (exact) mass is 1070 g/mol. The molecule has 0 aliphatic rings. The van der Waals surface area contributed by atoms with E-state index in [1.54, 1.807) is 0 Å². The lowest BCUT2D eigenvalue weighted by Gasteiger charge is -2.26. The van der Waals surface area contributed by atoms with Crippen molar-refractivity contribution in [2.45, 2.75) is 219 Å². The van der Waals surface area contributed by atoms with Gasteiger partial charge in [0.15, 0.2) is 12.4 Å². The van der Waals surface area contributed by atoms with Crippen LogP contribution in [-0.4, -0.2) is 82.3 Å². The normalized spacial score (nSPS) is 13.8. The van der Waals surface area contributed by atoms with Crippen LogP contribution in [0.5, 0.6) is 0 Å². The van der Waals surface area contributed by atoms with Crippen LogP contribution in [-0.2, 0) is 33.3 Å². The molecule has 0 spiro atoms. The predicted molar refractivity (Wildman–Crippen MR) is 324 cm³/mol. The van der Waals surface area contributed by atoms with Gasteiger partial charge in [-0.25, -0.2) is 0 Å². The van der Waals surface area contributed by atoms with Gasteiger partial charge in [0.05, 0.1) is 40.3 Å². The summed E-state index contributed by atoms with van der Waals surface area (Å²) in [7, 11) is 5.90. The van der Waals surface area contributed by atoms with E-state index in [1.165, 1.54) is 51.4 Å². The molecular formula is C68H109NO8. The summed E-state index contributed by atoms with van der Waals surface area (Å²) in [5, 5.41) is 11.7. The minimum absolute atomic E-state index is 0.136. The van der Waals surface area contributed by atoms with Crippen molar-refractivity contribution >= 4 is 17.9 Å². The Labute approximate surface area is 471 Å². The summed E-state index contributed by atoms with van der Waals surface area (Å²) < 4.78 is 22.6. The summed E-state index contributed by atoms with van der Waals surface area (Å²) in [5.41, 5.74) is 0. The molecule has 0 amide bonds. The van der Waals surface area contributed by atoms with Crippen molar-refractivity contribution in [1.82, 2.24) is 0 Å². The van der Waals surface area contributed by atoms with E-state index >= 15 is 0 Å². The Kier molecular flexibility index (Phi) is 53.8. The van der Waals surface area contributed by atoms with Gasteiger partial charge >= 0.3 is 11.9 Å². The number of esters is 2. The van der Waals surface area contributed by atoms with Gasteiger partial charge in [-0.15, -0.1) is 0 Å². The van der Waals surface area contributed by atoms with Crippen molar-refractivity contribution in [2.75, 3.05) is 47.5 Å². The maximum atomic E-state index is 12.8. The molecule has 0 aromatic rings. The molecule has 0 aliphatic heterocycles. The first-order valence-electron chi connectivity index (χ1n) is 30.0. The molecule has 0 aromatic carbocycles. The number of rotatable bonds is 53. The molecule has 0 N–H and O–H groups in total. The zero-order valence-electron chi connectivity index (χ0n) is 49.3. The zero-order valence-corrected chi connectivity index (χ0v) is 49.3. The number of quaternary nitrogens is 1. The number of allylic oxidation sites excluding steroid dienone is 24. The second-order valence-electron chi connectivity index (χ2n) is 20.6. The summed E-state index contributed by atoms with van der Waals surface area (Å²) in [4.78, 5) is 37.1. The molecule has 0 saturated carbocycles. The zero-order chi connectivity index (χ0) is 56.2. The van der Waals surface area contributed by atoms with Gasteiger partial charge in [0.1, 0.15) is 13.2 Å². The predicted octanol–water partition coefficient (Wildman–Crippen LogP) is 16.7. The van der Waals surface area contributed by atoms with Crippen LogP contribution in [0.25, 0.3) is 0 Å². The fraction of sp³-hybridized carbons (Fsp3) is 0.603. The second-order valence-corrected chi connectivity index (χ2v) is 20.6. The van der Waals surface area contributed by atoms with Gasteiger partial charge < -0.3 is 33.3 Å². The number of carbonyl (C=O) groups is 3. The van der Waals surface area contributed by atoms with Crippen molar-refractivity contribution in [3.8, 4) is 0 Å². The highest BCUT2D eigenvalue weighted by Gasteiger charge is 2.22. The van der Waals surface area contributed by atoms with Gasteiger partial charge in [-0.3, -0.25) is 9.59 Å². The van der Waals surface area contributed by atoms with Crippen LogP contribution < -0.4 is 5.11 Å².